The van der Waals surface area contributed by atoms with Gasteiger partial charge in [-0.15, -0.1) is 0 Å². The highest BCUT2D eigenvalue weighted by atomic mass is 16.5. The van der Waals surface area contributed by atoms with Gasteiger partial charge < -0.3 is 10.1 Å². The number of benzene rings is 1. The standard InChI is InChI=1S/C14H19NO/c1-2-15-13(14-9-6-10-16-14)11-12-7-4-3-5-8-12/h3-5,7-9,13,15H,2,6,10-11H2,1H3. The maximum absolute atomic E-state index is 5.64. The molecule has 0 radical (unpaired) electrons. The summed E-state index contributed by atoms with van der Waals surface area (Å²) in [6.45, 7) is 3.94. The Morgan fingerprint density at radius 1 is 1.31 bits per heavy atom. The molecule has 1 aliphatic heterocycles. The van der Waals surface area contributed by atoms with E-state index < -0.39 is 0 Å². The van der Waals surface area contributed by atoms with E-state index in [1.54, 1.807) is 0 Å². The maximum atomic E-state index is 5.64. The van der Waals surface area contributed by atoms with Crippen LogP contribution in [0.1, 0.15) is 18.9 Å². The SMILES string of the molecule is CCNC(Cc1ccccc1)C1=CCCO1. The Hall–Kier alpha value is -1.28. The molecule has 1 aromatic carbocycles. The summed E-state index contributed by atoms with van der Waals surface area (Å²) in [5.41, 5.74) is 1.35. The molecule has 2 heteroatoms. The van der Waals surface area contributed by atoms with E-state index in [9.17, 15) is 0 Å². The molecule has 86 valence electrons. The average Bonchev–Trinajstić information content (AvgIpc) is 2.83. The van der Waals surface area contributed by atoms with E-state index >= 15 is 0 Å². The number of hydrogen-bond acceptors (Lipinski definition) is 2. The number of hydrogen-bond donors (Lipinski definition) is 1. The van der Waals surface area contributed by atoms with Crippen LogP contribution in [0.25, 0.3) is 0 Å². The molecule has 1 aliphatic rings. The largest absolute Gasteiger partial charge is 0.496 e. The topological polar surface area (TPSA) is 21.3 Å². The van der Waals surface area contributed by atoms with Crippen molar-refractivity contribution in [2.24, 2.45) is 0 Å². The minimum absolute atomic E-state index is 0.329. The highest BCUT2D eigenvalue weighted by Crippen LogP contribution is 2.17. The Kier molecular flexibility index (Phi) is 4.00. The molecule has 1 aromatic rings. The molecule has 0 aromatic heterocycles. The first-order chi connectivity index (χ1) is 7.90. The molecule has 1 N–H and O–H groups in total. The molecule has 0 fully saturated rings. The molecule has 2 rings (SSSR count). The minimum atomic E-state index is 0.329. The molecule has 1 atom stereocenters. The normalized spacial score (nSPS) is 16.7. The number of likely N-dealkylation sites (N-methyl/N-ethyl adjacent to an activating group) is 1. The van der Waals surface area contributed by atoms with Crippen LogP contribution in [0.2, 0.25) is 0 Å². The van der Waals surface area contributed by atoms with Crippen molar-refractivity contribution in [3.63, 3.8) is 0 Å². The van der Waals surface area contributed by atoms with Gasteiger partial charge in [-0.1, -0.05) is 37.3 Å². The maximum Gasteiger partial charge on any atom is 0.109 e. The Balaban J connectivity index is 2.02. The van der Waals surface area contributed by atoms with E-state index in [0.717, 1.165) is 31.8 Å². The molecule has 1 unspecified atom stereocenters. The zero-order chi connectivity index (χ0) is 11.2. The molecule has 1 heterocycles. The van der Waals surface area contributed by atoms with Crippen molar-refractivity contribution in [2.75, 3.05) is 13.2 Å². The summed E-state index contributed by atoms with van der Waals surface area (Å²) < 4.78 is 5.64. The van der Waals surface area contributed by atoms with Gasteiger partial charge in [0.05, 0.1) is 12.6 Å². The molecule has 2 nitrogen and oxygen atoms in total. The zero-order valence-corrected chi connectivity index (χ0v) is 9.78. The van der Waals surface area contributed by atoms with Crippen LogP contribution >= 0.6 is 0 Å². The molecule has 0 saturated carbocycles. The summed E-state index contributed by atoms with van der Waals surface area (Å²) in [4.78, 5) is 0. The van der Waals surface area contributed by atoms with Gasteiger partial charge in [0.15, 0.2) is 0 Å². The fraction of sp³-hybridized carbons (Fsp3) is 0.429. The van der Waals surface area contributed by atoms with Gasteiger partial charge in [-0.2, -0.15) is 0 Å². The predicted octanol–water partition coefficient (Wildman–Crippen LogP) is 2.51. The van der Waals surface area contributed by atoms with Crippen molar-refractivity contribution in [3.8, 4) is 0 Å². The molecule has 0 spiro atoms. The van der Waals surface area contributed by atoms with Gasteiger partial charge in [0.2, 0.25) is 0 Å². The first-order valence-corrected chi connectivity index (χ1v) is 6.00. The van der Waals surface area contributed by atoms with Crippen LogP contribution in [0.3, 0.4) is 0 Å². The zero-order valence-electron chi connectivity index (χ0n) is 9.78. The van der Waals surface area contributed by atoms with E-state index in [0.29, 0.717) is 6.04 Å². The summed E-state index contributed by atoms with van der Waals surface area (Å²) in [5.74, 6) is 1.12. The Labute approximate surface area is 97.3 Å². The van der Waals surface area contributed by atoms with Crippen LogP contribution in [0, 0.1) is 0 Å². The van der Waals surface area contributed by atoms with Crippen LogP contribution in [0.15, 0.2) is 42.2 Å². The van der Waals surface area contributed by atoms with Crippen molar-refractivity contribution >= 4 is 0 Å². The van der Waals surface area contributed by atoms with Crippen molar-refractivity contribution < 1.29 is 4.74 Å². The van der Waals surface area contributed by atoms with Crippen LogP contribution in [0.5, 0.6) is 0 Å². The number of rotatable bonds is 5. The Bertz CT molecular complexity index is 345. The molecule has 0 saturated heterocycles. The second-order valence-corrected chi connectivity index (χ2v) is 4.04. The van der Waals surface area contributed by atoms with Crippen LogP contribution in [0.4, 0.5) is 0 Å². The Morgan fingerprint density at radius 2 is 2.12 bits per heavy atom. The van der Waals surface area contributed by atoms with Gasteiger partial charge >= 0.3 is 0 Å². The number of ether oxygens (including phenoxy) is 1. The molecular weight excluding hydrogens is 198 g/mol. The highest BCUT2D eigenvalue weighted by Gasteiger charge is 2.17. The predicted molar refractivity (Wildman–Crippen MR) is 66.3 cm³/mol. The van der Waals surface area contributed by atoms with Gasteiger partial charge in [0.25, 0.3) is 0 Å². The van der Waals surface area contributed by atoms with E-state index in [1.807, 2.05) is 0 Å². The van der Waals surface area contributed by atoms with Crippen molar-refractivity contribution in [1.29, 1.82) is 0 Å². The third kappa shape index (κ3) is 2.86. The van der Waals surface area contributed by atoms with E-state index in [2.05, 4.69) is 48.6 Å². The second-order valence-electron chi connectivity index (χ2n) is 4.04. The lowest BCUT2D eigenvalue weighted by atomic mass is 10.0. The molecule has 0 amide bonds. The average molecular weight is 217 g/mol. The molecule has 16 heavy (non-hydrogen) atoms. The van der Waals surface area contributed by atoms with E-state index in [4.69, 9.17) is 4.74 Å². The fourth-order valence-electron chi connectivity index (χ4n) is 2.05. The fourth-order valence-corrected chi connectivity index (χ4v) is 2.05. The minimum Gasteiger partial charge on any atom is -0.496 e. The Morgan fingerprint density at radius 3 is 2.75 bits per heavy atom. The van der Waals surface area contributed by atoms with Gasteiger partial charge in [0.1, 0.15) is 5.76 Å². The van der Waals surface area contributed by atoms with Gasteiger partial charge in [0, 0.05) is 6.42 Å². The smallest absolute Gasteiger partial charge is 0.109 e. The third-order valence-corrected chi connectivity index (χ3v) is 2.81. The van der Waals surface area contributed by atoms with E-state index in [1.165, 1.54) is 5.56 Å². The summed E-state index contributed by atoms with van der Waals surface area (Å²) in [6, 6.07) is 10.9. The van der Waals surface area contributed by atoms with Crippen LogP contribution < -0.4 is 5.32 Å². The molecule has 0 aliphatic carbocycles. The summed E-state index contributed by atoms with van der Waals surface area (Å²) in [5, 5.41) is 3.48. The lowest BCUT2D eigenvalue weighted by Crippen LogP contribution is -2.33. The monoisotopic (exact) mass is 217 g/mol. The lowest BCUT2D eigenvalue weighted by molar-refractivity contribution is 0.215. The summed E-state index contributed by atoms with van der Waals surface area (Å²) in [6.07, 6.45) is 4.25. The second kappa shape index (κ2) is 5.71. The van der Waals surface area contributed by atoms with Crippen LogP contribution in [-0.4, -0.2) is 19.2 Å². The third-order valence-electron chi connectivity index (χ3n) is 2.81. The molecular formula is C14H19NO. The first-order valence-electron chi connectivity index (χ1n) is 6.00. The lowest BCUT2D eigenvalue weighted by Gasteiger charge is -2.19. The summed E-state index contributed by atoms with van der Waals surface area (Å²) in [7, 11) is 0. The van der Waals surface area contributed by atoms with Crippen molar-refractivity contribution in [1.82, 2.24) is 5.32 Å². The first kappa shape index (κ1) is 11.2. The van der Waals surface area contributed by atoms with Crippen molar-refractivity contribution in [3.05, 3.63) is 47.7 Å². The van der Waals surface area contributed by atoms with E-state index in [-0.39, 0.29) is 0 Å². The van der Waals surface area contributed by atoms with Gasteiger partial charge in [-0.05, 0) is 24.6 Å². The van der Waals surface area contributed by atoms with Gasteiger partial charge in [-0.25, -0.2) is 0 Å². The van der Waals surface area contributed by atoms with Gasteiger partial charge in [-0.3, -0.25) is 0 Å². The van der Waals surface area contributed by atoms with Crippen LogP contribution in [-0.2, 0) is 11.2 Å². The van der Waals surface area contributed by atoms with Crippen molar-refractivity contribution in [2.45, 2.75) is 25.8 Å². The highest BCUT2D eigenvalue weighted by molar-refractivity contribution is 5.19. The molecule has 0 bridgehead atoms. The summed E-state index contributed by atoms with van der Waals surface area (Å²) >= 11 is 0. The number of nitrogens with one attached hydrogen (secondary N) is 1. The quantitative estimate of drug-likeness (QED) is 0.818.